The number of aliphatic hydroxyl groups excluding tert-OH is 10. The molecule has 3 heterocycles. The molecule has 0 aromatic rings. The normalized spacial score (nSPS) is 37.3. The lowest BCUT2D eigenvalue weighted by Gasteiger charge is -2.46. The van der Waals surface area contributed by atoms with E-state index < -0.39 is 118 Å². The Balaban J connectivity index is 1.53. The van der Waals surface area contributed by atoms with Gasteiger partial charge in [-0.05, 0) is 32.2 Å². The van der Waals surface area contributed by atoms with E-state index in [-0.39, 0.29) is 37.8 Å². The number of nitrogens with one attached hydrogen (secondary N) is 3. The second-order valence-electron chi connectivity index (χ2n) is 13.5. The molecule has 3 aliphatic rings. The summed E-state index contributed by atoms with van der Waals surface area (Å²) < 4.78 is 33.2. The molecule has 3 rings (SSSR count). The Morgan fingerprint density at radius 2 is 1.24 bits per heavy atom. The van der Waals surface area contributed by atoms with Gasteiger partial charge in [-0.1, -0.05) is 6.42 Å². The zero-order valence-electron chi connectivity index (χ0n) is 30.2. The van der Waals surface area contributed by atoms with Crippen molar-refractivity contribution in [3.8, 4) is 0 Å². The van der Waals surface area contributed by atoms with Crippen LogP contribution in [0.25, 0.3) is 0 Å². The van der Waals surface area contributed by atoms with Crippen LogP contribution in [0.4, 0.5) is 0 Å². The highest BCUT2D eigenvalue weighted by Gasteiger charge is 2.52. The minimum absolute atomic E-state index is 0.0673. The van der Waals surface area contributed by atoms with E-state index in [1.165, 1.54) is 0 Å². The summed E-state index contributed by atoms with van der Waals surface area (Å²) in [5, 5.41) is 105. The highest BCUT2D eigenvalue weighted by Crippen LogP contribution is 2.31. The molecule has 23 nitrogen and oxygen atoms in total. The third-order valence-corrected chi connectivity index (χ3v) is 9.35. The average molecular weight is 803 g/mol. The molecule has 15 N–H and O–H groups in total. The number of rotatable bonds is 23. The molecular weight excluding hydrogens is 744 g/mol. The van der Waals surface area contributed by atoms with Crippen LogP contribution in [0, 0.1) is 0 Å². The molecule has 3 fully saturated rings. The van der Waals surface area contributed by atoms with Crippen LogP contribution in [0.15, 0.2) is 0 Å². The fraction of sp³-hybridized carbons (Fsp3) is 0.906. The number of aldehydes is 1. The minimum Gasteiger partial charge on any atom is -0.394 e. The van der Waals surface area contributed by atoms with Crippen LogP contribution in [-0.2, 0) is 42.8 Å². The standard InChI is InChI=1S/C32H58N4O19/c33-8-4-3-5-15(11-37)35-36-20(41)7-2-1-6-19(40)34-9-10-50-31-28(49)29(55-32-27(48)25(46)22(43)17(13-39)53-32)23(44)18(54-31)14-51-30-26(47)24(45)21(42)16(12-38)52-30/h11,15-18,21-32,35,38-39,42-49H,1-10,12-14,33H2,(H,34,40)(H,36,41)/t15-,16+,17+,18+,21+,22+,23+,24-,25-,26-,27-,28-,29-,30-,31+,32+/m0/s1. The number of unbranched alkanes of at least 4 members (excludes halogenated alkanes) is 2. The minimum atomic E-state index is -1.91. The van der Waals surface area contributed by atoms with Crippen molar-refractivity contribution >= 4 is 18.1 Å². The topological polar surface area (TPSA) is 371 Å². The van der Waals surface area contributed by atoms with Crippen LogP contribution < -0.4 is 21.9 Å². The van der Waals surface area contributed by atoms with Crippen LogP contribution in [-0.4, -0.2) is 207 Å². The Morgan fingerprint density at radius 3 is 1.84 bits per heavy atom. The first-order valence-electron chi connectivity index (χ1n) is 18.3. The highest BCUT2D eigenvalue weighted by atomic mass is 16.7. The quantitative estimate of drug-likeness (QED) is 0.0259. The molecule has 0 bridgehead atoms. The second-order valence-corrected chi connectivity index (χ2v) is 13.5. The average Bonchev–Trinajstić information content (AvgIpc) is 3.17. The van der Waals surface area contributed by atoms with Gasteiger partial charge in [-0.25, -0.2) is 5.43 Å². The van der Waals surface area contributed by atoms with Gasteiger partial charge in [-0.3, -0.25) is 15.0 Å². The summed E-state index contributed by atoms with van der Waals surface area (Å²) in [6.07, 6.45) is -21.6. The molecule has 23 heteroatoms. The van der Waals surface area contributed by atoms with Gasteiger partial charge >= 0.3 is 0 Å². The van der Waals surface area contributed by atoms with E-state index in [9.17, 15) is 65.4 Å². The summed E-state index contributed by atoms with van der Waals surface area (Å²) in [4.78, 5) is 35.6. The second kappa shape index (κ2) is 24.0. The molecule has 3 aliphatic heterocycles. The predicted molar refractivity (Wildman–Crippen MR) is 180 cm³/mol. The maximum Gasteiger partial charge on any atom is 0.234 e. The van der Waals surface area contributed by atoms with Crippen LogP contribution in [0.3, 0.4) is 0 Å². The van der Waals surface area contributed by atoms with Crippen molar-refractivity contribution in [1.29, 1.82) is 0 Å². The number of hydrogen-bond acceptors (Lipinski definition) is 21. The molecule has 320 valence electrons. The monoisotopic (exact) mass is 802 g/mol. The summed E-state index contributed by atoms with van der Waals surface area (Å²) in [7, 11) is 0. The lowest BCUT2D eigenvalue weighted by atomic mass is 9.96. The van der Waals surface area contributed by atoms with Crippen LogP contribution >= 0.6 is 0 Å². The molecule has 0 aromatic heterocycles. The first kappa shape index (κ1) is 47.3. The summed E-state index contributed by atoms with van der Waals surface area (Å²) in [5.74, 6) is -0.723. The fourth-order valence-electron chi connectivity index (χ4n) is 6.01. The van der Waals surface area contributed by atoms with Crippen molar-refractivity contribution in [2.24, 2.45) is 5.73 Å². The largest absolute Gasteiger partial charge is 0.394 e. The van der Waals surface area contributed by atoms with Crippen molar-refractivity contribution in [2.75, 3.05) is 39.5 Å². The Kier molecular flexibility index (Phi) is 20.6. The van der Waals surface area contributed by atoms with Gasteiger partial charge in [0.1, 0.15) is 79.5 Å². The zero-order chi connectivity index (χ0) is 40.7. The number of aliphatic hydroxyl groups is 10. The Hall–Kier alpha value is -2.11. The van der Waals surface area contributed by atoms with Gasteiger partial charge in [0.05, 0.1) is 32.5 Å². The maximum absolute atomic E-state index is 12.4. The van der Waals surface area contributed by atoms with Crippen LogP contribution in [0.5, 0.6) is 0 Å². The summed E-state index contributed by atoms with van der Waals surface area (Å²) in [6.45, 7) is -2.00. The van der Waals surface area contributed by atoms with Crippen molar-refractivity contribution in [1.82, 2.24) is 16.2 Å². The molecule has 3 saturated heterocycles. The van der Waals surface area contributed by atoms with E-state index in [1.807, 2.05) is 0 Å². The number of carbonyl (C=O) groups excluding carboxylic acids is 3. The SMILES string of the molecule is NCCCC[C@@H](C=O)NNC(=O)CCCCC(=O)NCCO[C@@H]1O[C@H](CO[C@H]2O[C@H](CO)[C@@H](O)[C@H](O)[C@@H]2O)[C@@H](O)[C@H](O[C@H]2O[C@H](CO)[C@@H](O)[C@H](O)[C@@H]2O)[C@@H]1O. The van der Waals surface area contributed by atoms with E-state index in [4.69, 9.17) is 34.2 Å². The third kappa shape index (κ3) is 13.8. The van der Waals surface area contributed by atoms with Gasteiger partial charge in [0, 0.05) is 19.4 Å². The van der Waals surface area contributed by atoms with E-state index in [2.05, 4.69) is 16.2 Å². The van der Waals surface area contributed by atoms with Gasteiger partial charge in [0.2, 0.25) is 11.8 Å². The number of carbonyl (C=O) groups is 3. The number of hydrazine groups is 1. The van der Waals surface area contributed by atoms with Crippen molar-refractivity contribution < 1.29 is 93.9 Å². The molecule has 0 unspecified atom stereocenters. The number of amides is 2. The Bertz CT molecular complexity index is 1140. The molecule has 0 saturated carbocycles. The van der Waals surface area contributed by atoms with Crippen molar-refractivity contribution in [3.05, 3.63) is 0 Å². The smallest absolute Gasteiger partial charge is 0.234 e. The van der Waals surface area contributed by atoms with E-state index in [1.54, 1.807) is 0 Å². The van der Waals surface area contributed by atoms with Crippen LogP contribution in [0.1, 0.15) is 44.9 Å². The summed E-state index contributed by atoms with van der Waals surface area (Å²) in [6, 6.07) is -0.537. The molecule has 0 radical (unpaired) electrons. The number of hydrogen-bond donors (Lipinski definition) is 14. The van der Waals surface area contributed by atoms with Crippen molar-refractivity contribution in [3.63, 3.8) is 0 Å². The first-order valence-corrected chi connectivity index (χ1v) is 18.3. The molecule has 0 aliphatic carbocycles. The predicted octanol–water partition coefficient (Wildman–Crippen LogP) is -7.55. The molecular formula is C32H58N4O19. The number of ether oxygens (including phenoxy) is 6. The van der Waals surface area contributed by atoms with E-state index in [0.717, 1.165) is 12.8 Å². The van der Waals surface area contributed by atoms with E-state index >= 15 is 0 Å². The van der Waals surface area contributed by atoms with Gasteiger partial charge in [0.15, 0.2) is 18.9 Å². The summed E-state index contributed by atoms with van der Waals surface area (Å²) >= 11 is 0. The van der Waals surface area contributed by atoms with Gasteiger partial charge < -0.3 is 95.3 Å². The Morgan fingerprint density at radius 1 is 0.673 bits per heavy atom. The van der Waals surface area contributed by atoms with Crippen LogP contribution in [0.2, 0.25) is 0 Å². The lowest BCUT2D eigenvalue weighted by molar-refractivity contribution is -0.366. The first-order chi connectivity index (χ1) is 26.3. The summed E-state index contributed by atoms with van der Waals surface area (Å²) in [5.41, 5.74) is 10.6. The molecule has 2 amide bonds. The van der Waals surface area contributed by atoms with Gasteiger partial charge in [-0.15, -0.1) is 0 Å². The molecule has 0 spiro atoms. The molecule has 55 heavy (non-hydrogen) atoms. The maximum atomic E-state index is 12.4. The fourth-order valence-corrected chi connectivity index (χ4v) is 6.01. The Labute approximate surface area is 316 Å². The zero-order valence-corrected chi connectivity index (χ0v) is 30.2. The van der Waals surface area contributed by atoms with Gasteiger partial charge in [0.25, 0.3) is 0 Å². The molecule has 0 aromatic carbocycles. The number of nitrogens with two attached hydrogens (primary N) is 1. The highest BCUT2D eigenvalue weighted by molar-refractivity contribution is 5.77. The van der Waals surface area contributed by atoms with Crippen molar-refractivity contribution in [2.45, 2.75) is 143 Å². The van der Waals surface area contributed by atoms with E-state index in [0.29, 0.717) is 32.1 Å². The lowest BCUT2D eigenvalue weighted by Crippen LogP contribution is -2.65. The third-order valence-electron chi connectivity index (χ3n) is 9.35. The molecule has 16 atom stereocenters. The van der Waals surface area contributed by atoms with Gasteiger partial charge in [-0.2, -0.15) is 0 Å².